The van der Waals surface area contributed by atoms with E-state index in [1.807, 2.05) is 12.1 Å². The molecule has 1 amide bonds. The monoisotopic (exact) mass is 459 g/mol. The van der Waals surface area contributed by atoms with Gasteiger partial charge in [0.1, 0.15) is 12.4 Å². The minimum atomic E-state index is -3.39. The lowest BCUT2D eigenvalue weighted by Gasteiger charge is -2.38. The maximum Gasteiger partial charge on any atom is 0.410 e. The van der Waals surface area contributed by atoms with Gasteiger partial charge in [0.05, 0.1) is 28.9 Å². The number of nitrogens with one attached hydrogen (secondary N) is 2. The lowest BCUT2D eigenvalue weighted by molar-refractivity contribution is 0.0696. The van der Waals surface area contributed by atoms with Crippen LogP contribution in [0.15, 0.2) is 30.9 Å². The van der Waals surface area contributed by atoms with Crippen molar-refractivity contribution in [3.8, 4) is 0 Å². The lowest BCUT2D eigenvalue weighted by atomic mass is 10.1. The maximum absolute atomic E-state index is 12.4. The number of thiophene rings is 1. The number of rotatable bonds is 7. The highest BCUT2D eigenvalue weighted by atomic mass is 35.5. The van der Waals surface area contributed by atoms with Crippen LogP contribution in [0.3, 0.4) is 0 Å². The Morgan fingerprint density at radius 2 is 2.31 bits per heavy atom. The third-order valence-corrected chi connectivity index (χ3v) is 6.90. The summed E-state index contributed by atoms with van der Waals surface area (Å²) in [7, 11) is -3.39. The SMILES string of the molecule is C=CCOC(=O)N1CCN(S(C)(=O)=O)CC1c1cc(NCc2ccc(Cl)s2)n[nH]1. The number of hydrogen-bond donors (Lipinski definition) is 2. The van der Waals surface area contributed by atoms with Crippen LogP contribution in [0, 0.1) is 0 Å². The average Bonchev–Trinajstić information content (AvgIpc) is 3.32. The number of piperazine rings is 1. The molecule has 2 aromatic heterocycles. The van der Waals surface area contributed by atoms with Crippen LogP contribution in [0.4, 0.5) is 10.6 Å². The Labute approximate surface area is 178 Å². The Kier molecular flexibility index (Phi) is 6.83. The molecule has 1 saturated heterocycles. The number of carbonyl (C=O) groups is 1. The Morgan fingerprint density at radius 1 is 1.52 bits per heavy atom. The minimum Gasteiger partial charge on any atom is -0.445 e. The lowest BCUT2D eigenvalue weighted by Crippen LogP contribution is -2.52. The summed E-state index contributed by atoms with van der Waals surface area (Å²) in [6, 6.07) is 4.97. The average molecular weight is 460 g/mol. The summed E-state index contributed by atoms with van der Waals surface area (Å²) >= 11 is 7.41. The van der Waals surface area contributed by atoms with Gasteiger partial charge in [0.15, 0.2) is 0 Å². The molecular weight excluding hydrogens is 438 g/mol. The number of sulfonamides is 1. The highest BCUT2D eigenvalue weighted by molar-refractivity contribution is 7.88. The van der Waals surface area contributed by atoms with E-state index < -0.39 is 22.2 Å². The second kappa shape index (κ2) is 9.16. The molecule has 0 saturated carbocycles. The van der Waals surface area contributed by atoms with Gasteiger partial charge in [-0.3, -0.25) is 10.00 Å². The second-order valence-corrected chi connectivity index (χ2v) is 10.2. The fraction of sp³-hybridized carbons (Fsp3) is 0.412. The van der Waals surface area contributed by atoms with E-state index in [4.69, 9.17) is 16.3 Å². The van der Waals surface area contributed by atoms with Crippen molar-refractivity contribution in [2.24, 2.45) is 0 Å². The number of halogens is 1. The van der Waals surface area contributed by atoms with Gasteiger partial charge in [-0.15, -0.1) is 11.3 Å². The van der Waals surface area contributed by atoms with Gasteiger partial charge in [0.2, 0.25) is 10.0 Å². The van der Waals surface area contributed by atoms with Crippen molar-refractivity contribution >= 4 is 44.9 Å². The fourth-order valence-electron chi connectivity index (χ4n) is 2.98. The van der Waals surface area contributed by atoms with E-state index in [2.05, 4.69) is 22.1 Å². The quantitative estimate of drug-likeness (QED) is 0.616. The highest BCUT2D eigenvalue weighted by Crippen LogP contribution is 2.28. The zero-order valence-corrected chi connectivity index (χ0v) is 18.2. The predicted molar refractivity (Wildman–Crippen MR) is 113 cm³/mol. The van der Waals surface area contributed by atoms with Gasteiger partial charge in [-0.2, -0.15) is 9.40 Å². The number of aromatic amines is 1. The van der Waals surface area contributed by atoms with E-state index >= 15 is 0 Å². The molecule has 2 aromatic rings. The standard InChI is InChI=1S/C17H22ClN5O4S2/c1-3-8-27-17(24)23-7-6-22(29(2,25)26)11-14(23)13-9-16(21-20-13)19-10-12-4-5-15(18)28-12/h3-5,9,14H,1,6-8,10-11H2,2H3,(H2,19,20,21). The zero-order chi connectivity index (χ0) is 21.0. The molecule has 0 aliphatic carbocycles. The van der Waals surface area contributed by atoms with E-state index in [0.717, 1.165) is 11.1 Å². The number of carbonyl (C=O) groups excluding carboxylic acids is 1. The number of hydrogen-bond acceptors (Lipinski definition) is 7. The fourth-order valence-corrected chi connectivity index (χ4v) is 4.83. The van der Waals surface area contributed by atoms with Gasteiger partial charge in [0.25, 0.3) is 0 Å². The first-order valence-corrected chi connectivity index (χ1v) is 11.8. The van der Waals surface area contributed by atoms with Crippen LogP contribution in [-0.4, -0.2) is 66.4 Å². The molecule has 3 rings (SSSR count). The topological polar surface area (TPSA) is 108 Å². The molecule has 29 heavy (non-hydrogen) atoms. The van der Waals surface area contributed by atoms with Gasteiger partial charge in [-0.05, 0) is 12.1 Å². The van der Waals surface area contributed by atoms with Crippen molar-refractivity contribution < 1.29 is 17.9 Å². The third-order valence-electron chi connectivity index (χ3n) is 4.40. The van der Waals surface area contributed by atoms with Crippen molar-refractivity contribution in [3.63, 3.8) is 0 Å². The minimum absolute atomic E-state index is 0.0804. The van der Waals surface area contributed by atoms with Crippen LogP contribution in [0.5, 0.6) is 0 Å². The smallest absolute Gasteiger partial charge is 0.410 e. The van der Waals surface area contributed by atoms with Gasteiger partial charge in [-0.1, -0.05) is 24.3 Å². The maximum atomic E-state index is 12.4. The largest absolute Gasteiger partial charge is 0.445 e. The van der Waals surface area contributed by atoms with Gasteiger partial charge >= 0.3 is 6.09 Å². The van der Waals surface area contributed by atoms with Crippen molar-refractivity contribution in [2.75, 3.05) is 37.8 Å². The van der Waals surface area contributed by atoms with Crippen molar-refractivity contribution in [1.82, 2.24) is 19.4 Å². The van der Waals surface area contributed by atoms with E-state index in [9.17, 15) is 13.2 Å². The van der Waals surface area contributed by atoms with Crippen LogP contribution >= 0.6 is 22.9 Å². The Morgan fingerprint density at radius 3 is 2.97 bits per heavy atom. The van der Waals surface area contributed by atoms with Crippen LogP contribution in [0.2, 0.25) is 4.34 Å². The molecule has 1 aliphatic rings. The van der Waals surface area contributed by atoms with E-state index in [1.54, 1.807) is 6.07 Å². The zero-order valence-electron chi connectivity index (χ0n) is 15.8. The molecule has 3 heterocycles. The molecule has 1 fully saturated rings. The molecule has 158 valence electrons. The summed E-state index contributed by atoms with van der Waals surface area (Å²) in [6.45, 7) is 4.70. The predicted octanol–water partition coefficient (Wildman–Crippen LogP) is 2.68. The van der Waals surface area contributed by atoms with Crippen LogP contribution in [0.1, 0.15) is 16.6 Å². The van der Waals surface area contributed by atoms with Crippen LogP contribution < -0.4 is 5.32 Å². The molecule has 0 spiro atoms. The molecule has 1 unspecified atom stereocenters. The molecule has 0 radical (unpaired) electrons. The van der Waals surface area contributed by atoms with Crippen LogP contribution in [0.25, 0.3) is 0 Å². The number of aromatic nitrogens is 2. The van der Waals surface area contributed by atoms with Gasteiger partial charge in [-0.25, -0.2) is 13.2 Å². The van der Waals surface area contributed by atoms with Gasteiger partial charge in [0, 0.05) is 30.6 Å². The summed E-state index contributed by atoms with van der Waals surface area (Å²) in [5, 5.41) is 10.3. The molecule has 9 nitrogen and oxygen atoms in total. The Balaban J connectivity index is 1.76. The molecular formula is C17H22ClN5O4S2. The number of H-pyrrole nitrogens is 1. The van der Waals surface area contributed by atoms with E-state index in [-0.39, 0.29) is 26.2 Å². The molecule has 0 aromatic carbocycles. The highest BCUT2D eigenvalue weighted by Gasteiger charge is 2.36. The van der Waals surface area contributed by atoms with Crippen molar-refractivity contribution in [1.29, 1.82) is 0 Å². The Bertz CT molecular complexity index is 974. The summed E-state index contributed by atoms with van der Waals surface area (Å²) in [5.74, 6) is 0.584. The number of amides is 1. The van der Waals surface area contributed by atoms with E-state index in [1.165, 1.54) is 26.6 Å². The molecule has 1 aliphatic heterocycles. The normalized spacial score (nSPS) is 17.9. The number of ether oxygens (including phenoxy) is 1. The first-order chi connectivity index (χ1) is 13.8. The molecule has 12 heteroatoms. The first-order valence-electron chi connectivity index (χ1n) is 8.80. The number of anilines is 1. The Hall–Kier alpha value is -2.08. The first kappa shape index (κ1) is 21.6. The van der Waals surface area contributed by atoms with Crippen LogP contribution in [-0.2, 0) is 21.3 Å². The summed E-state index contributed by atoms with van der Waals surface area (Å²) in [4.78, 5) is 15.0. The van der Waals surface area contributed by atoms with Crippen molar-refractivity contribution in [3.05, 3.63) is 45.8 Å². The molecule has 1 atom stereocenters. The number of nitrogens with zero attached hydrogens (tertiary/aromatic N) is 3. The molecule has 2 N–H and O–H groups in total. The summed E-state index contributed by atoms with van der Waals surface area (Å²) in [6.07, 6.45) is 2.11. The van der Waals surface area contributed by atoms with Gasteiger partial charge < -0.3 is 10.1 Å². The third kappa shape index (κ3) is 5.50. The van der Waals surface area contributed by atoms with E-state index in [0.29, 0.717) is 22.4 Å². The van der Waals surface area contributed by atoms with Crippen molar-refractivity contribution in [2.45, 2.75) is 12.6 Å². The summed E-state index contributed by atoms with van der Waals surface area (Å²) < 4.78 is 31.2. The molecule has 0 bridgehead atoms. The second-order valence-electron chi connectivity index (χ2n) is 6.46. The summed E-state index contributed by atoms with van der Waals surface area (Å²) in [5.41, 5.74) is 0.612.